The Morgan fingerprint density at radius 3 is 2.76 bits per heavy atom. The average molecular weight is 464 g/mol. The van der Waals surface area contributed by atoms with Crippen LogP contribution < -0.4 is 14.8 Å². The number of amides is 1. The summed E-state index contributed by atoms with van der Waals surface area (Å²) in [5, 5.41) is 7.52. The molecule has 1 saturated heterocycles. The fourth-order valence-electron chi connectivity index (χ4n) is 4.58. The van der Waals surface area contributed by atoms with Crippen molar-refractivity contribution in [2.75, 3.05) is 25.6 Å². The molecule has 1 N–H and O–H groups in total. The number of anilines is 1. The lowest BCUT2D eigenvalue weighted by Gasteiger charge is -2.39. The Hall–Kier alpha value is -3.52. The Labute approximate surface area is 198 Å². The number of aryl methyl sites for hydroxylation is 2. The quantitative estimate of drug-likeness (QED) is 0.547. The molecule has 3 heterocycles. The molecule has 0 spiro atoms. The summed E-state index contributed by atoms with van der Waals surface area (Å²) < 4.78 is 22.8. The lowest BCUT2D eigenvalue weighted by molar-refractivity contribution is 0.0426. The molecule has 0 radical (unpaired) electrons. The molecule has 2 aromatic carbocycles. The second-order valence-electron chi connectivity index (χ2n) is 8.69. The minimum Gasteiger partial charge on any atom is -0.493 e. The maximum Gasteiger partial charge on any atom is 0.257 e. The van der Waals surface area contributed by atoms with Crippen molar-refractivity contribution in [3.05, 3.63) is 70.6 Å². The number of nitrogens with zero attached hydrogens (tertiary/aromatic N) is 2. The fraction of sp³-hybridized carbons (Fsp3) is 0.385. The zero-order valence-corrected chi connectivity index (χ0v) is 19.7. The Kier molecular flexibility index (Phi) is 6.15. The minimum atomic E-state index is -0.350. The second-order valence-corrected chi connectivity index (χ2v) is 8.69. The summed E-state index contributed by atoms with van der Waals surface area (Å²) in [6.07, 6.45) is 1.66. The number of para-hydroxylation sites is 1. The van der Waals surface area contributed by atoms with Crippen molar-refractivity contribution in [3.8, 4) is 11.5 Å². The van der Waals surface area contributed by atoms with Crippen LogP contribution in [-0.4, -0.2) is 42.3 Å². The topological polar surface area (TPSA) is 86.1 Å². The van der Waals surface area contributed by atoms with E-state index in [1.807, 2.05) is 61.2 Å². The van der Waals surface area contributed by atoms with Gasteiger partial charge in [0.25, 0.3) is 5.91 Å². The van der Waals surface area contributed by atoms with Crippen LogP contribution in [0.1, 0.15) is 51.9 Å². The van der Waals surface area contributed by atoms with Gasteiger partial charge in [-0.25, -0.2) is 0 Å². The molecule has 0 saturated carbocycles. The summed E-state index contributed by atoms with van der Waals surface area (Å²) in [5.74, 6) is 1.93. The summed E-state index contributed by atoms with van der Waals surface area (Å²) in [6, 6.07) is 13.4. The third-order valence-corrected chi connectivity index (χ3v) is 6.50. The molecule has 2 aliphatic heterocycles. The molecule has 5 rings (SSSR count). The van der Waals surface area contributed by atoms with Crippen LogP contribution in [0.5, 0.6) is 11.5 Å². The summed E-state index contributed by atoms with van der Waals surface area (Å²) in [7, 11) is 1.61. The number of hydrogen-bond donors (Lipinski definition) is 1. The van der Waals surface area contributed by atoms with Gasteiger partial charge in [0.05, 0.1) is 30.0 Å². The Morgan fingerprint density at radius 1 is 1.18 bits per heavy atom. The van der Waals surface area contributed by atoms with E-state index >= 15 is 0 Å². The molecule has 34 heavy (non-hydrogen) atoms. The Morgan fingerprint density at radius 2 is 2.03 bits per heavy atom. The van der Waals surface area contributed by atoms with E-state index in [-0.39, 0.29) is 18.2 Å². The van der Waals surface area contributed by atoms with Gasteiger partial charge in [0.2, 0.25) is 0 Å². The van der Waals surface area contributed by atoms with E-state index in [4.69, 9.17) is 18.7 Å². The van der Waals surface area contributed by atoms with Crippen LogP contribution in [0, 0.1) is 13.8 Å². The normalized spacial score (nSPS) is 19.6. The first-order valence-corrected chi connectivity index (χ1v) is 11.6. The summed E-state index contributed by atoms with van der Waals surface area (Å²) in [4.78, 5) is 15.3. The maximum absolute atomic E-state index is 13.5. The maximum atomic E-state index is 13.5. The van der Waals surface area contributed by atoms with Gasteiger partial charge < -0.3 is 29.0 Å². The molecule has 0 bridgehead atoms. The standard InChI is InChI=1S/C26H29N3O5/c1-16-21(17(2)34-28-16)15-33-23-11-10-18(13-24(23)31-3)25-27-22-9-5-4-8-20(22)26(30)29(25)14-19-7-6-12-32-19/h4-5,8-11,13,19,25,27H,6-7,12,14-15H2,1-3H3. The van der Waals surface area contributed by atoms with Gasteiger partial charge >= 0.3 is 0 Å². The number of hydrogen-bond acceptors (Lipinski definition) is 7. The lowest BCUT2D eigenvalue weighted by atomic mass is 10.0. The van der Waals surface area contributed by atoms with Crippen molar-refractivity contribution in [2.45, 2.75) is 45.6 Å². The van der Waals surface area contributed by atoms with Gasteiger partial charge in [0.1, 0.15) is 18.5 Å². The van der Waals surface area contributed by atoms with Crippen molar-refractivity contribution in [3.63, 3.8) is 0 Å². The predicted octanol–water partition coefficient (Wildman–Crippen LogP) is 4.62. The Bertz CT molecular complexity index is 1170. The first kappa shape index (κ1) is 22.3. The molecule has 1 fully saturated rings. The number of rotatable bonds is 7. The van der Waals surface area contributed by atoms with Crippen molar-refractivity contribution in [2.24, 2.45) is 0 Å². The Balaban J connectivity index is 1.43. The third kappa shape index (κ3) is 4.21. The van der Waals surface area contributed by atoms with Gasteiger partial charge in [-0.3, -0.25) is 4.79 Å². The number of fused-ring (bicyclic) bond motifs is 1. The number of nitrogens with one attached hydrogen (secondary N) is 1. The SMILES string of the molecule is COc1cc(C2Nc3ccccc3C(=O)N2CC2CCCO2)ccc1OCc1c(C)noc1C. The minimum absolute atomic E-state index is 0.00690. The van der Waals surface area contributed by atoms with Crippen LogP contribution in [-0.2, 0) is 11.3 Å². The van der Waals surface area contributed by atoms with Crippen molar-refractivity contribution in [1.82, 2.24) is 10.1 Å². The van der Waals surface area contributed by atoms with Gasteiger partial charge in [0, 0.05) is 18.8 Å². The number of benzene rings is 2. The number of ether oxygens (including phenoxy) is 3. The third-order valence-electron chi connectivity index (χ3n) is 6.50. The van der Waals surface area contributed by atoms with Crippen LogP contribution in [0.2, 0.25) is 0 Å². The van der Waals surface area contributed by atoms with Gasteiger partial charge in [-0.05, 0) is 56.5 Å². The van der Waals surface area contributed by atoms with Crippen molar-refractivity contribution in [1.29, 1.82) is 0 Å². The van der Waals surface area contributed by atoms with Crippen molar-refractivity contribution < 1.29 is 23.5 Å². The molecule has 0 aliphatic carbocycles. The zero-order chi connectivity index (χ0) is 23.7. The molecule has 8 heteroatoms. The smallest absolute Gasteiger partial charge is 0.257 e. The van der Waals surface area contributed by atoms with E-state index in [0.29, 0.717) is 30.2 Å². The van der Waals surface area contributed by atoms with E-state index in [1.54, 1.807) is 7.11 Å². The molecule has 2 aliphatic rings. The first-order chi connectivity index (χ1) is 16.5. The summed E-state index contributed by atoms with van der Waals surface area (Å²) in [5.41, 5.74) is 4.12. The molecule has 178 valence electrons. The molecule has 8 nitrogen and oxygen atoms in total. The van der Waals surface area contributed by atoms with E-state index in [0.717, 1.165) is 47.7 Å². The molecule has 1 amide bonds. The molecule has 2 atom stereocenters. The molecule has 1 aromatic heterocycles. The van der Waals surface area contributed by atoms with Crippen LogP contribution >= 0.6 is 0 Å². The highest BCUT2D eigenvalue weighted by Gasteiger charge is 2.35. The van der Waals surface area contributed by atoms with E-state index in [1.165, 1.54) is 0 Å². The number of aromatic nitrogens is 1. The number of carbonyl (C=O) groups excluding carboxylic acids is 1. The second kappa shape index (κ2) is 9.38. The molecule has 2 unspecified atom stereocenters. The number of methoxy groups -OCH3 is 1. The van der Waals surface area contributed by atoms with E-state index < -0.39 is 0 Å². The largest absolute Gasteiger partial charge is 0.493 e. The summed E-state index contributed by atoms with van der Waals surface area (Å²) in [6.45, 7) is 5.35. The van der Waals surface area contributed by atoms with Crippen LogP contribution in [0.3, 0.4) is 0 Å². The van der Waals surface area contributed by atoms with Crippen LogP contribution in [0.4, 0.5) is 5.69 Å². The van der Waals surface area contributed by atoms with Gasteiger partial charge in [-0.15, -0.1) is 0 Å². The van der Waals surface area contributed by atoms with Crippen molar-refractivity contribution >= 4 is 11.6 Å². The van der Waals surface area contributed by atoms with Gasteiger partial charge in [-0.1, -0.05) is 23.4 Å². The van der Waals surface area contributed by atoms with Gasteiger partial charge in [0.15, 0.2) is 11.5 Å². The highest BCUT2D eigenvalue weighted by molar-refractivity contribution is 6.01. The average Bonchev–Trinajstić information content (AvgIpc) is 3.49. The number of carbonyl (C=O) groups is 1. The highest BCUT2D eigenvalue weighted by Crippen LogP contribution is 2.38. The van der Waals surface area contributed by atoms with Gasteiger partial charge in [-0.2, -0.15) is 0 Å². The first-order valence-electron chi connectivity index (χ1n) is 11.6. The fourth-order valence-corrected chi connectivity index (χ4v) is 4.58. The predicted molar refractivity (Wildman–Crippen MR) is 126 cm³/mol. The summed E-state index contributed by atoms with van der Waals surface area (Å²) >= 11 is 0. The molecular weight excluding hydrogens is 434 g/mol. The van der Waals surface area contributed by atoms with E-state index in [2.05, 4.69) is 10.5 Å². The monoisotopic (exact) mass is 463 g/mol. The van der Waals surface area contributed by atoms with Crippen LogP contribution in [0.25, 0.3) is 0 Å². The zero-order valence-electron chi connectivity index (χ0n) is 19.7. The van der Waals surface area contributed by atoms with Crippen LogP contribution in [0.15, 0.2) is 47.0 Å². The molecule has 3 aromatic rings. The lowest BCUT2D eigenvalue weighted by Crippen LogP contribution is -2.46. The molecular formula is C26H29N3O5. The van der Waals surface area contributed by atoms with E-state index in [9.17, 15) is 4.79 Å². The highest BCUT2D eigenvalue weighted by atomic mass is 16.5.